The van der Waals surface area contributed by atoms with E-state index in [-0.39, 0.29) is 11.2 Å². The van der Waals surface area contributed by atoms with Crippen molar-refractivity contribution in [1.29, 1.82) is 0 Å². The molecule has 0 aliphatic carbocycles. The van der Waals surface area contributed by atoms with Crippen molar-refractivity contribution in [2.24, 2.45) is 0 Å². The first-order valence-electron chi connectivity index (χ1n) is 7.99. The second-order valence-corrected chi connectivity index (χ2v) is 5.89. The molecule has 0 fully saturated rings. The van der Waals surface area contributed by atoms with Gasteiger partial charge in [-0.1, -0.05) is 48.4 Å². The van der Waals surface area contributed by atoms with Crippen LogP contribution in [0.15, 0.2) is 39.9 Å². The van der Waals surface area contributed by atoms with Crippen molar-refractivity contribution < 1.29 is 0 Å². The Bertz CT molecular complexity index is 821. The smallest absolute Gasteiger partial charge is 0.293 e. The van der Waals surface area contributed by atoms with Gasteiger partial charge in [-0.05, 0) is 32.8 Å². The molecule has 0 radical (unpaired) electrons. The van der Waals surface area contributed by atoms with Crippen molar-refractivity contribution in [3.63, 3.8) is 0 Å². The van der Waals surface area contributed by atoms with Crippen molar-refractivity contribution in [3.8, 4) is 0 Å². The summed E-state index contributed by atoms with van der Waals surface area (Å²) in [6, 6.07) is 6.34. The summed E-state index contributed by atoms with van der Waals surface area (Å²) in [6.07, 6.45) is 5.02. The van der Waals surface area contributed by atoms with Crippen LogP contribution >= 0.6 is 0 Å². The molecule has 0 spiro atoms. The number of H-pyrrole nitrogens is 1. The highest BCUT2D eigenvalue weighted by atomic mass is 16.2. The molecule has 0 unspecified atom stereocenters. The summed E-state index contributed by atoms with van der Waals surface area (Å²) >= 11 is 0. The molecule has 0 aliphatic rings. The zero-order valence-electron chi connectivity index (χ0n) is 14.3. The second-order valence-electron chi connectivity index (χ2n) is 5.89. The van der Waals surface area contributed by atoms with E-state index >= 15 is 0 Å². The summed E-state index contributed by atoms with van der Waals surface area (Å²) < 4.78 is 1.66. The molecule has 2 rings (SSSR count). The van der Waals surface area contributed by atoms with Gasteiger partial charge in [-0.3, -0.25) is 14.3 Å². The third-order valence-electron chi connectivity index (χ3n) is 3.94. The summed E-state index contributed by atoms with van der Waals surface area (Å²) in [5.41, 5.74) is 4.38. The number of hydrogen-bond donors (Lipinski definition) is 1. The monoisotopic (exact) mass is 312 g/mol. The summed E-state index contributed by atoms with van der Waals surface area (Å²) in [4.78, 5) is 26.8. The lowest BCUT2D eigenvalue weighted by atomic mass is 10.0. The molecule has 0 saturated carbocycles. The molecule has 1 aromatic carbocycles. The highest BCUT2D eigenvalue weighted by Crippen LogP contribution is 2.15. The van der Waals surface area contributed by atoms with Gasteiger partial charge in [0.05, 0.1) is 0 Å². The van der Waals surface area contributed by atoms with Crippen LogP contribution in [0.25, 0.3) is 0 Å². The van der Waals surface area contributed by atoms with Gasteiger partial charge in [0.1, 0.15) is 0 Å². The van der Waals surface area contributed by atoms with E-state index in [1.165, 1.54) is 11.1 Å². The predicted octanol–water partition coefficient (Wildman–Crippen LogP) is 2.88. The van der Waals surface area contributed by atoms with Crippen molar-refractivity contribution in [3.05, 3.63) is 79.1 Å². The van der Waals surface area contributed by atoms with E-state index in [1.807, 2.05) is 26.0 Å². The maximum Gasteiger partial charge on any atom is 0.328 e. The average molecular weight is 312 g/mol. The predicted molar refractivity (Wildman–Crippen MR) is 94.2 cm³/mol. The van der Waals surface area contributed by atoms with Gasteiger partial charge < -0.3 is 0 Å². The topological polar surface area (TPSA) is 54.9 Å². The van der Waals surface area contributed by atoms with Gasteiger partial charge in [-0.2, -0.15) is 0 Å². The molecule has 1 N–H and O–H groups in total. The minimum atomic E-state index is -0.343. The Morgan fingerprint density at radius 2 is 1.78 bits per heavy atom. The van der Waals surface area contributed by atoms with Crippen molar-refractivity contribution in [2.45, 2.75) is 47.1 Å². The third kappa shape index (κ3) is 3.89. The van der Waals surface area contributed by atoms with E-state index in [4.69, 9.17) is 0 Å². The standard InChI is InChI=1S/C19H24N2O2/c1-5-7-8-21-17(16(6-2)18(22)20-19(21)23)12-15-10-13(3)9-14(4)11-15/h5,7,9-11H,6,8,12H2,1-4H3,(H,20,22,23)/b7-5+. The van der Waals surface area contributed by atoms with E-state index in [2.05, 4.69) is 37.0 Å². The molecule has 1 heterocycles. The Kier molecular flexibility index (Phi) is 5.37. The first-order valence-corrected chi connectivity index (χ1v) is 7.99. The average Bonchev–Trinajstić information content (AvgIpc) is 2.46. The Morgan fingerprint density at radius 3 is 2.35 bits per heavy atom. The van der Waals surface area contributed by atoms with Crippen molar-refractivity contribution >= 4 is 0 Å². The van der Waals surface area contributed by atoms with Gasteiger partial charge >= 0.3 is 5.69 Å². The molecule has 0 saturated heterocycles. The molecule has 1 aromatic heterocycles. The Morgan fingerprint density at radius 1 is 1.13 bits per heavy atom. The van der Waals surface area contributed by atoms with Crippen LogP contribution in [0.3, 0.4) is 0 Å². The number of benzene rings is 1. The number of allylic oxidation sites excluding steroid dienone is 2. The van der Waals surface area contributed by atoms with Crippen molar-refractivity contribution in [1.82, 2.24) is 9.55 Å². The molecular weight excluding hydrogens is 288 g/mol. The number of nitrogens with one attached hydrogen (secondary N) is 1. The number of rotatable bonds is 5. The van der Waals surface area contributed by atoms with E-state index < -0.39 is 0 Å². The highest BCUT2D eigenvalue weighted by molar-refractivity contribution is 5.33. The number of aryl methyl sites for hydroxylation is 2. The van der Waals surface area contributed by atoms with Crippen LogP contribution in [-0.2, 0) is 19.4 Å². The maximum absolute atomic E-state index is 12.2. The zero-order valence-corrected chi connectivity index (χ0v) is 14.3. The SMILES string of the molecule is C/C=C/Cn1c(Cc2cc(C)cc(C)c2)c(CC)c(=O)[nH]c1=O. The summed E-state index contributed by atoms with van der Waals surface area (Å²) in [5.74, 6) is 0. The number of aromatic amines is 1. The fraction of sp³-hybridized carbons (Fsp3) is 0.368. The summed E-state index contributed by atoms with van der Waals surface area (Å²) in [7, 11) is 0. The Labute approximate surface area is 136 Å². The van der Waals surface area contributed by atoms with Gasteiger partial charge in [0.25, 0.3) is 5.56 Å². The normalized spacial score (nSPS) is 11.3. The first-order chi connectivity index (χ1) is 11.0. The van der Waals surface area contributed by atoms with Gasteiger partial charge in [-0.25, -0.2) is 4.79 Å². The molecule has 2 aromatic rings. The van der Waals surface area contributed by atoms with Crippen LogP contribution in [0.4, 0.5) is 0 Å². The fourth-order valence-corrected chi connectivity index (χ4v) is 2.99. The molecule has 4 heteroatoms. The molecule has 0 amide bonds. The second kappa shape index (κ2) is 7.27. The van der Waals surface area contributed by atoms with Crippen LogP contribution in [-0.4, -0.2) is 9.55 Å². The minimum Gasteiger partial charge on any atom is -0.293 e. The van der Waals surface area contributed by atoms with Crippen LogP contribution < -0.4 is 11.2 Å². The quantitative estimate of drug-likeness (QED) is 0.863. The van der Waals surface area contributed by atoms with Gasteiger partial charge in [0.2, 0.25) is 0 Å². The number of nitrogens with zero attached hydrogens (tertiary/aromatic N) is 1. The van der Waals surface area contributed by atoms with E-state index in [1.54, 1.807) is 4.57 Å². The Balaban J connectivity index is 2.62. The van der Waals surface area contributed by atoms with Crippen LogP contribution in [0.5, 0.6) is 0 Å². The highest BCUT2D eigenvalue weighted by Gasteiger charge is 2.13. The lowest BCUT2D eigenvalue weighted by molar-refractivity contribution is 0.675. The molecule has 0 aliphatic heterocycles. The summed E-state index contributed by atoms with van der Waals surface area (Å²) in [5, 5.41) is 0. The maximum atomic E-state index is 12.2. The van der Waals surface area contributed by atoms with Gasteiger partial charge in [-0.15, -0.1) is 0 Å². The fourth-order valence-electron chi connectivity index (χ4n) is 2.99. The zero-order chi connectivity index (χ0) is 17.0. The minimum absolute atomic E-state index is 0.270. The molecule has 0 bridgehead atoms. The molecule has 0 atom stereocenters. The molecular formula is C19H24N2O2. The largest absolute Gasteiger partial charge is 0.328 e. The van der Waals surface area contributed by atoms with Gasteiger partial charge in [0, 0.05) is 24.2 Å². The van der Waals surface area contributed by atoms with Crippen molar-refractivity contribution in [2.75, 3.05) is 0 Å². The van der Waals surface area contributed by atoms with E-state index in [0.29, 0.717) is 24.9 Å². The van der Waals surface area contributed by atoms with Crippen LogP contribution in [0.2, 0.25) is 0 Å². The molecule has 23 heavy (non-hydrogen) atoms. The van der Waals surface area contributed by atoms with Crippen LogP contribution in [0.1, 0.15) is 41.8 Å². The van der Waals surface area contributed by atoms with Gasteiger partial charge in [0.15, 0.2) is 0 Å². The molecule has 122 valence electrons. The van der Waals surface area contributed by atoms with E-state index in [0.717, 1.165) is 11.3 Å². The van der Waals surface area contributed by atoms with Crippen LogP contribution in [0, 0.1) is 13.8 Å². The number of hydrogen-bond acceptors (Lipinski definition) is 2. The lowest BCUT2D eigenvalue weighted by Crippen LogP contribution is -2.35. The summed E-state index contributed by atoms with van der Waals surface area (Å²) in [6.45, 7) is 8.45. The third-order valence-corrected chi connectivity index (χ3v) is 3.94. The van der Waals surface area contributed by atoms with E-state index in [9.17, 15) is 9.59 Å². The Hall–Kier alpha value is -2.36. The lowest BCUT2D eigenvalue weighted by Gasteiger charge is -2.15. The molecule has 4 nitrogen and oxygen atoms in total. The first kappa shape index (κ1) is 17.0. The number of aromatic nitrogens is 2.